The Bertz CT molecular complexity index is 770. The molecule has 0 aliphatic carbocycles. The van der Waals surface area contributed by atoms with Gasteiger partial charge in [0.05, 0.1) is 19.0 Å². The number of benzene rings is 1. The SMILES string of the molecule is COc1ccc(CN2CC[C@@]3(CC(=O)N(c4cnn(C)c4)C3)C2)cc1. The lowest BCUT2D eigenvalue weighted by Gasteiger charge is -2.24. The number of aromatic nitrogens is 2. The Morgan fingerprint density at radius 1 is 1.24 bits per heavy atom. The third-order valence-electron chi connectivity index (χ3n) is 5.41. The van der Waals surface area contributed by atoms with Gasteiger partial charge in [-0.15, -0.1) is 0 Å². The van der Waals surface area contributed by atoms with Crippen molar-refractivity contribution in [3.8, 4) is 5.75 Å². The fraction of sp³-hybridized carbons (Fsp3) is 0.474. The summed E-state index contributed by atoms with van der Waals surface area (Å²) in [4.78, 5) is 16.9. The van der Waals surface area contributed by atoms with Crippen LogP contribution in [0.5, 0.6) is 5.75 Å². The van der Waals surface area contributed by atoms with Crippen LogP contribution in [0.2, 0.25) is 0 Å². The maximum atomic E-state index is 12.5. The van der Waals surface area contributed by atoms with Gasteiger partial charge in [0.2, 0.25) is 5.91 Å². The number of methoxy groups -OCH3 is 1. The highest BCUT2D eigenvalue weighted by Gasteiger charge is 2.47. The first-order valence-corrected chi connectivity index (χ1v) is 8.71. The smallest absolute Gasteiger partial charge is 0.227 e. The number of carbonyl (C=O) groups excluding carboxylic acids is 1. The van der Waals surface area contributed by atoms with E-state index in [2.05, 4.69) is 22.1 Å². The number of hydrogen-bond donors (Lipinski definition) is 0. The monoisotopic (exact) mass is 340 g/mol. The minimum atomic E-state index is 0.0827. The Morgan fingerprint density at radius 2 is 2.04 bits per heavy atom. The first-order valence-electron chi connectivity index (χ1n) is 8.71. The van der Waals surface area contributed by atoms with Gasteiger partial charge in [0.1, 0.15) is 5.75 Å². The van der Waals surface area contributed by atoms with Gasteiger partial charge in [0.15, 0.2) is 0 Å². The van der Waals surface area contributed by atoms with Gasteiger partial charge in [-0.3, -0.25) is 14.4 Å². The van der Waals surface area contributed by atoms with Crippen LogP contribution in [0.1, 0.15) is 18.4 Å². The predicted molar refractivity (Wildman–Crippen MR) is 95.5 cm³/mol. The van der Waals surface area contributed by atoms with Crippen LogP contribution in [0.25, 0.3) is 0 Å². The van der Waals surface area contributed by atoms with Crippen molar-refractivity contribution in [3.05, 3.63) is 42.2 Å². The summed E-state index contributed by atoms with van der Waals surface area (Å²) in [5.74, 6) is 1.11. The Hall–Kier alpha value is -2.34. The first kappa shape index (κ1) is 16.1. The van der Waals surface area contributed by atoms with E-state index < -0.39 is 0 Å². The van der Waals surface area contributed by atoms with Gasteiger partial charge in [-0.25, -0.2) is 0 Å². The highest BCUT2D eigenvalue weighted by Crippen LogP contribution is 2.42. The molecule has 6 nitrogen and oxygen atoms in total. The van der Waals surface area contributed by atoms with Crippen molar-refractivity contribution in [3.63, 3.8) is 0 Å². The quantitative estimate of drug-likeness (QED) is 0.855. The van der Waals surface area contributed by atoms with Crippen LogP contribution in [0.3, 0.4) is 0 Å². The average molecular weight is 340 g/mol. The van der Waals surface area contributed by atoms with Gasteiger partial charge >= 0.3 is 0 Å². The molecule has 1 spiro atoms. The molecule has 1 aromatic heterocycles. The van der Waals surface area contributed by atoms with E-state index in [1.54, 1.807) is 18.0 Å². The van der Waals surface area contributed by atoms with E-state index in [1.807, 2.05) is 30.3 Å². The molecule has 2 aliphatic rings. The van der Waals surface area contributed by atoms with Crippen molar-refractivity contribution < 1.29 is 9.53 Å². The summed E-state index contributed by atoms with van der Waals surface area (Å²) in [6, 6.07) is 8.24. The van der Waals surface area contributed by atoms with Gasteiger partial charge < -0.3 is 9.64 Å². The number of rotatable bonds is 4. The molecule has 0 N–H and O–H groups in total. The molecule has 132 valence electrons. The third kappa shape index (κ3) is 3.14. The fourth-order valence-electron chi connectivity index (χ4n) is 4.10. The number of anilines is 1. The summed E-state index contributed by atoms with van der Waals surface area (Å²) in [7, 11) is 3.57. The molecule has 0 bridgehead atoms. The normalized spacial score (nSPS) is 23.8. The van der Waals surface area contributed by atoms with Crippen molar-refractivity contribution in [2.24, 2.45) is 12.5 Å². The molecule has 0 radical (unpaired) electrons. The lowest BCUT2D eigenvalue weighted by molar-refractivity contribution is -0.117. The van der Waals surface area contributed by atoms with Crippen molar-refractivity contribution in [2.75, 3.05) is 31.6 Å². The number of nitrogens with zero attached hydrogens (tertiary/aromatic N) is 4. The first-order chi connectivity index (χ1) is 12.1. The van der Waals surface area contributed by atoms with Gasteiger partial charge in [0.25, 0.3) is 0 Å². The Balaban J connectivity index is 1.42. The van der Waals surface area contributed by atoms with Gasteiger partial charge in [0, 0.05) is 44.7 Å². The van der Waals surface area contributed by atoms with Crippen LogP contribution in [-0.2, 0) is 18.4 Å². The molecule has 2 aliphatic heterocycles. The molecular formula is C19H24N4O2. The highest BCUT2D eigenvalue weighted by molar-refractivity contribution is 5.96. The molecular weight excluding hydrogens is 316 g/mol. The summed E-state index contributed by atoms with van der Waals surface area (Å²) in [6.45, 7) is 3.74. The lowest BCUT2D eigenvalue weighted by atomic mass is 9.86. The molecule has 6 heteroatoms. The third-order valence-corrected chi connectivity index (χ3v) is 5.41. The van der Waals surface area contributed by atoms with Crippen molar-refractivity contribution in [1.82, 2.24) is 14.7 Å². The fourth-order valence-corrected chi connectivity index (χ4v) is 4.10. The second kappa shape index (κ2) is 6.19. The van der Waals surface area contributed by atoms with Gasteiger partial charge in [-0.05, 0) is 30.7 Å². The van der Waals surface area contributed by atoms with E-state index in [1.165, 1.54) is 5.56 Å². The lowest BCUT2D eigenvalue weighted by Crippen LogP contribution is -2.31. The van der Waals surface area contributed by atoms with Crippen LogP contribution >= 0.6 is 0 Å². The Morgan fingerprint density at radius 3 is 2.72 bits per heavy atom. The van der Waals surface area contributed by atoms with Crippen LogP contribution < -0.4 is 9.64 Å². The predicted octanol–water partition coefficient (Wildman–Crippen LogP) is 2.06. The second-order valence-corrected chi connectivity index (χ2v) is 7.34. The number of aryl methyl sites for hydroxylation is 1. The standard InChI is InChI=1S/C19H24N4O2/c1-21-12-16(10-20-21)23-14-19(9-18(23)24)7-8-22(13-19)11-15-3-5-17(25-2)6-4-15/h3-6,10,12H,7-9,11,13-14H2,1-2H3/t19-/m1/s1. The summed E-state index contributed by atoms with van der Waals surface area (Å²) in [5.41, 5.74) is 2.28. The molecule has 4 rings (SSSR count). The van der Waals surface area contributed by atoms with E-state index >= 15 is 0 Å². The van der Waals surface area contributed by atoms with Crippen molar-refractivity contribution in [2.45, 2.75) is 19.4 Å². The van der Waals surface area contributed by atoms with E-state index in [0.29, 0.717) is 6.42 Å². The zero-order valence-corrected chi connectivity index (χ0v) is 14.8. The number of hydrogen-bond acceptors (Lipinski definition) is 4. The maximum Gasteiger partial charge on any atom is 0.227 e. The largest absolute Gasteiger partial charge is 0.497 e. The van der Waals surface area contributed by atoms with Crippen LogP contribution in [0.4, 0.5) is 5.69 Å². The molecule has 2 saturated heterocycles. The van der Waals surface area contributed by atoms with E-state index in [0.717, 1.165) is 44.0 Å². The zero-order chi connectivity index (χ0) is 17.4. The number of carbonyl (C=O) groups is 1. The molecule has 0 unspecified atom stereocenters. The summed E-state index contributed by atoms with van der Waals surface area (Å²) in [6.07, 6.45) is 5.41. The molecule has 2 aromatic rings. The van der Waals surface area contributed by atoms with Crippen molar-refractivity contribution >= 4 is 11.6 Å². The summed E-state index contributed by atoms with van der Waals surface area (Å²) < 4.78 is 6.97. The van der Waals surface area contributed by atoms with Gasteiger partial charge in [-0.2, -0.15) is 5.10 Å². The van der Waals surface area contributed by atoms with Crippen LogP contribution in [-0.4, -0.2) is 47.3 Å². The molecule has 3 heterocycles. The summed E-state index contributed by atoms with van der Waals surface area (Å²) in [5, 5.41) is 4.20. The minimum absolute atomic E-state index is 0.0827. The highest BCUT2D eigenvalue weighted by atomic mass is 16.5. The van der Waals surface area contributed by atoms with Crippen LogP contribution in [0, 0.1) is 5.41 Å². The van der Waals surface area contributed by atoms with E-state index in [4.69, 9.17) is 4.74 Å². The zero-order valence-electron chi connectivity index (χ0n) is 14.8. The molecule has 1 atom stereocenters. The minimum Gasteiger partial charge on any atom is -0.497 e. The van der Waals surface area contributed by atoms with Crippen molar-refractivity contribution in [1.29, 1.82) is 0 Å². The number of likely N-dealkylation sites (tertiary alicyclic amines) is 1. The second-order valence-electron chi connectivity index (χ2n) is 7.34. The number of ether oxygens (including phenoxy) is 1. The van der Waals surface area contributed by atoms with E-state index in [9.17, 15) is 4.79 Å². The van der Waals surface area contributed by atoms with Gasteiger partial charge in [-0.1, -0.05) is 12.1 Å². The Labute approximate surface area is 148 Å². The topological polar surface area (TPSA) is 50.6 Å². The average Bonchev–Trinajstić information content (AvgIpc) is 3.28. The summed E-state index contributed by atoms with van der Waals surface area (Å²) >= 11 is 0. The molecule has 0 saturated carbocycles. The molecule has 25 heavy (non-hydrogen) atoms. The Kier molecular flexibility index (Phi) is 4.00. The molecule has 2 fully saturated rings. The maximum absolute atomic E-state index is 12.5. The van der Waals surface area contributed by atoms with E-state index in [-0.39, 0.29) is 11.3 Å². The molecule has 1 amide bonds. The molecule has 1 aromatic carbocycles. The number of amides is 1. The van der Waals surface area contributed by atoms with Crippen LogP contribution in [0.15, 0.2) is 36.7 Å².